The SMILES string of the molecule is Cl.NC(CNC(=O)c1csc(Br)c1)C1CC1. The van der Waals surface area contributed by atoms with Gasteiger partial charge in [-0.2, -0.15) is 0 Å². The van der Waals surface area contributed by atoms with Crippen molar-refractivity contribution in [3.8, 4) is 0 Å². The summed E-state index contributed by atoms with van der Waals surface area (Å²) in [6, 6.07) is 1.94. The van der Waals surface area contributed by atoms with E-state index >= 15 is 0 Å². The van der Waals surface area contributed by atoms with Crippen molar-refractivity contribution in [1.29, 1.82) is 0 Å². The van der Waals surface area contributed by atoms with Crippen LogP contribution < -0.4 is 11.1 Å². The van der Waals surface area contributed by atoms with Crippen LogP contribution in [-0.4, -0.2) is 18.5 Å². The largest absolute Gasteiger partial charge is 0.350 e. The first-order valence-corrected chi connectivity index (χ1v) is 6.62. The lowest BCUT2D eigenvalue weighted by molar-refractivity contribution is 0.0950. The summed E-state index contributed by atoms with van der Waals surface area (Å²) in [5.41, 5.74) is 6.59. The molecular weight excluding hydrogens is 312 g/mol. The van der Waals surface area contributed by atoms with Crippen LogP contribution in [0.2, 0.25) is 0 Å². The Hall–Kier alpha value is -0.100. The van der Waals surface area contributed by atoms with Gasteiger partial charge in [0.15, 0.2) is 0 Å². The van der Waals surface area contributed by atoms with Crippen molar-refractivity contribution in [3.05, 3.63) is 20.8 Å². The molecule has 90 valence electrons. The third-order valence-corrected chi connectivity index (χ3v) is 4.06. The number of carbonyl (C=O) groups excluding carboxylic acids is 1. The molecule has 0 bridgehead atoms. The van der Waals surface area contributed by atoms with Crippen molar-refractivity contribution in [2.75, 3.05) is 6.54 Å². The van der Waals surface area contributed by atoms with Gasteiger partial charge in [0.2, 0.25) is 0 Å². The van der Waals surface area contributed by atoms with Crippen LogP contribution in [0, 0.1) is 5.92 Å². The molecule has 1 unspecified atom stereocenters. The zero-order valence-electron chi connectivity index (χ0n) is 8.61. The first-order chi connectivity index (χ1) is 7.16. The van der Waals surface area contributed by atoms with Crippen molar-refractivity contribution in [2.45, 2.75) is 18.9 Å². The number of nitrogens with two attached hydrogens (primary N) is 1. The predicted molar refractivity (Wildman–Crippen MR) is 72.3 cm³/mol. The molecule has 16 heavy (non-hydrogen) atoms. The van der Waals surface area contributed by atoms with Crippen molar-refractivity contribution < 1.29 is 4.79 Å². The molecule has 1 aliphatic carbocycles. The Morgan fingerprint density at radius 1 is 1.69 bits per heavy atom. The lowest BCUT2D eigenvalue weighted by Gasteiger charge is -2.10. The average molecular weight is 326 g/mol. The van der Waals surface area contributed by atoms with E-state index in [2.05, 4.69) is 21.2 Å². The molecule has 0 radical (unpaired) electrons. The van der Waals surface area contributed by atoms with E-state index in [1.807, 2.05) is 11.4 Å². The lowest BCUT2D eigenvalue weighted by Crippen LogP contribution is -2.38. The molecule has 1 fully saturated rings. The normalized spacial score (nSPS) is 16.4. The van der Waals surface area contributed by atoms with E-state index in [1.54, 1.807) is 0 Å². The molecule has 1 aromatic heterocycles. The Labute approximate surface area is 113 Å². The monoisotopic (exact) mass is 324 g/mol. The van der Waals surface area contributed by atoms with Gasteiger partial charge >= 0.3 is 0 Å². The minimum atomic E-state index is -0.0342. The number of hydrogen-bond acceptors (Lipinski definition) is 3. The Balaban J connectivity index is 0.00000128. The molecule has 1 saturated carbocycles. The summed E-state index contributed by atoms with van der Waals surface area (Å²) in [7, 11) is 0. The molecule has 1 aromatic rings. The third kappa shape index (κ3) is 3.73. The van der Waals surface area contributed by atoms with Gasteiger partial charge in [-0.25, -0.2) is 0 Å². The Bertz CT molecular complexity index is 367. The number of nitrogens with one attached hydrogen (secondary N) is 1. The second-order valence-electron chi connectivity index (χ2n) is 3.85. The van der Waals surface area contributed by atoms with Crippen LogP contribution in [0.25, 0.3) is 0 Å². The highest BCUT2D eigenvalue weighted by Gasteiger charge is 2.28. The number of amides is 1. The van der Waals surface area contributed by atoms with Crippen LogP contribution in [0.5, 0.6) is 0 Å². The first-order valence-electron chi connectivity index (χ1n) is 4.94. The van der Waals surface area contributed by atoms with Crippen molar-refractivity contribution in [3.63, 3.8) is 0 Å². The Morgan fingerprint density at radius 3 is 2.88 bits per heavy atom. The molecule has 1 atom stereocenters. The minimum absolute atomic E-state index is 0. The molecule has 0 aliphatic heterocycles. The van der Waals surface area contributed by atoms with E-state index in [4.69, 9.17) is 5.73 Å². The molecule has 1 heterocycles. The molecule has 0 saturated heterocycles. The molecule has 1 amide bonds. The number of thiophene rings is 1. The molecular formula is C10H14BrClN2OS. The fourth-order valence-electron chi connectivity index (χ4n) is 1.43. The molecule has 1 aliphatic rings. The van der Waals surface area contributed by atoms with E-state index in [0.717, 1.165) is 3.79 Å². The zero-order chi connectivity index (χ0) is 10.8. The third-order valence-electron chi connectivity index (χ3n) is 2.56. The van der Waals surface area contributed by atoms with Crippen molar-refractivity contribution >= 4 is 45.6 Å². The van der Waals surface area contributed by atoms with Gasteiger partial charge in [0.1, 0.15) is 0 Å². The maximum atomic E-state index is 11.6. The second-order valence-corrected chi connectivity index (χ2v) is 6.14. The van der Waals surface area contributed by atoms with Gasteiger partial charge in [-0.15, -0.1) is 23.7 Å². The summed E-state index contributed by atoms with van der Waals surface area (Å²) >= 11 is 4.84. The maximum absolute atomic E-state index is 11.6. The molecule has 3 nitrogen and oxygen atoms in total. The smallest absolute Gasteiger partial charge is 0.252 e. The Morgan fingerprint density at radius 2 is 2.38 bits per heavy atom. The quantitative estimate of drug-likeness (QED) is 0.893. The van der Waals surface area contributed by atoms with E-state index in [-0.39, 0.29) is 24.4 Å². The maximum Gasteiger partial charge on any atom is 0.252 e. The molecule has 3 N–H and O–H groups in total. The number of halogens is 2. The number of hydrogen-bond donors (Lipinski definition) is 2. The molecule has 6 heteroatoms. The predicted octanol–water partition coefficient (Wildman–Crippen LogP) is 2.40. The van der Waals surface area contributed by atoms with Gasteiger partial charge in [-0.05, 0) is 40.8 Å². The molecule has 2 rings (SSSR count). The lowest BCUT2D eigenvalue weighted by atomic mass is 10.2. The summed E-state index contributed by atoms with van der Waals surface area (Å²) in [5.74, 6) is 0.590. The standard InChI is InChI=1S/C10H13BrN2OS.ClH/c11-9-3-7(5-15-9)10(14)13-4-8(12)6-1-2-6;/h3,5-6,8H,1-2,4,12H2,(H,13,14);1H. The highest BCUT2D eigenvalue weighted by Crippen LogP contribution is 2.31. The summed E-state index contributed by atoms with van der Waals surface area (Å²) in [4.78, 5) is 11.6. The minimum Gasteiger partial charge on any atom is -0.350 e. The van der Waals surface area contributed by atoms with Gasteiger partial charge < -0.3 is 11.1 Å². The van der Waals surface area contributed by atoms with Crippen LogP contribution in [-0.2, 0) is 0 Å². The average Bonchev–Trinajstić information content (AvgIpc) is 2.97. The number of carbonyl (C=O) groups is 1. The van der Waals surface area contributed by atoms with Crippen LogP contribution in [0.1, 0.15) is 23.2 Å². The molecule has 0 aromatic carbocycles. The van der Waals surface area contributed by atoms with Gasteiger partial charge in [-0.3, -0.25) is 4.79 Å². The Kier molecular flexibility index (Phi) is 5.24. The van der Waals surface area contributed by atoms with Gasteiger partial charge in [0, 0.05) is 18.0 Å². The highest BCUT2D eigenvalue weighted by molar-refractivity contribution is 9.11. The topological polar surface area (TPSA) is 55.1 Å². The fraction of sp³-hybridized carbons (Fsp3) is 0.500. The highest BCUT2D eigenvalue weighted by atomic mass is 79.9. The van der Waals surface area contributed by atoms with E-state index in [0.29, 0.717) is 18.0 Å². The van der Waals surface area contributed by atoms with Crippen LogP contribution >= 0.6 is 39.7 Å². The van der Waals surface area contributed by atoms with Crippen LogP contribution in [0.4, 0.5) is 0 Å². The number of rotatable bonds is 4. The summed E-state index contributed by atoms with van der Waals surface area (Å²) in [6.45, 7) is 0.580. The summed E-state index contributed by atoms with van der Waals surface area (Å²) in [6.07, 6.45) is 2.42. The first kappa shape index (κ1) is 14.0. The summed E-state index contributed by atoms with van der Waals surface area (Å²) in [5, 5.41) is 4.69. The van der Waals surface area contributed by atoms with Gasteiger partial charge in [-0.1, -0.05) is 0 Å². The van der Waals surface area contributed by atoms with Gasteiger partial charge in [0.05, 0.1) is 9.35 Å². The zero-order valence-corrected chi connectivity index (χ0v) is 11.8. The second kappa shape index (κ2) is 6.00. The van der Waals surface area contributed by atoms with E-state index in [1.165, 1.54) is 24.2 Å². The van der Waals surface area contributed by atoms with E-state index < -0.39 is 0 Å². The van der Waals surface area contributed by atoms with Gasteiger partial charge in [0.25, 0.3) is 5.91 Å². The molecule has 0 spiro atoms. The van der Waals surface area contributed by atoms with Crippen molar-refractivity contribution in [1.82, 2.24) is 5.32 Å². The van der Waals surface area contributed by atoms with E-state index in [9.17, 15) is 4.79 Å². The fourth-order valence-corrected chi connectivity index (χ4v) is 2.57. The van der Waals surface area contributed by atoms with Crippen LogP contribution in [0.3, 0.4) is 0 Å². The van der Waals surface area contributed by atoms with Crippen LogP contribution in [0.15, 0.2) is 15.2 Å². The summed E-state index contributed by atoms with van der Waals surface area (Å²) < 4.78 is 0.971. The van der Waals surface area contributed by atoms with Crippen molar-refractivity contribution in [2.24, 2.45) is 11.7 Å².